The number of nitrogens with one attached hydrogen (secondary N) is 2. The third-order valence-corrected chi connectivity index (χ3v) is 5.54. The summed E-state index contributed by atoms with van der Waals surface area (Å²) in [6.07, 6.45) is 0. The number of rotatable bonds is 4. The van der Waals surface area contributed by atoms with Crippen molar-refractivity contribution in [3.8, 4) is 0 Å². The van der Waals surface area contributed by atoms with Gasteiger partial charge in [-0.1, -0.05) is 42.0 Å². The molecule has 1 saturated heterocycles. The monoisotopic (exact) mass is 328 g/mol. The van der Waals surface area contributed by atoms with E-state index in [0.29, 0.717) is 12.5 Å². The van der Waals surface area contributed by atoms with Gasteiger partial charge in [-0.05, 0) is 30.2 Å². The van der Waals surface area contributed by atoms with Crippen LogP contribution in [0.25, 0.3) is 0 Å². The van der Waals surface area contributed by atoms with Gasteiger partial charge in [0.25, 0.3) is 0 Å². The molecule has 0 unspecified atom stereocenters. The number of hydrogen-bond acceptors (Lipinski definition) is 2. The Kier molecular flexibility index (Phi) is 4.76. The van der Waals surface area contributed by atoms with Gasteiger partial charge in [0.05, 0.1) is 0 Å². The van der Waals surface area contributed by atoms with E-state index >= 15 is 0 Å². The first kappa shape index (κ1) is 15.7. The Morgan fingerprint density at radius 2 is 1.74 bits per heavy atom. The summed E-state index contributed by atoms with van der Waals surface area (Å²) in [6.45, 7) is 2.53. The van der Waals surface area contributed by atoms with Gasteiger partial charge in [0, 0.05) is 40.5 Å². The maximum Gasteiger partial charge on any atom is 0.319 e. The fourth-order valence-electron chi connectivity index (χ4n) is 2.49. The summed E-state index contributed by atoms with van der Waals surface area (Å²) in [7, 11) is -0.639. The quantitative estimate of drug-likeness (QED) is 0.906. The van der Waals surface area contributed by atoms with Crippen molar-refractivity contribution in [3.63, 3.8) is 0 Å². The van der Waals surface area contributed by atoms with E-state index < -0.39 is 10.8 Å². The van der Waals surface area contributed by atoms with Crippen LogP contribution in [0, 0.1) is 6.92 Å². The number of carbonyl (C=O) groups excluding carboxylic acids is 1. The van der Waals surface area contributed by atoms with E-state index in [1.54, 1.807) is 0 Å². The SMILES string of the molecule is Cc1ccc(CNC(=O)Nc2ccc(C3CS(=O)C3)cc2)cc1. The Morgan fingerprint density at radius 1 is 1.09 bits per heavy atom. The maximum absolute atomic E-state index is 11.9. The Balaban J connectivity index is 1.49. The lowest BCUT2D eigenvalue weighted by Gasteiger charge is -2.25. The van der Waals surface area contributed by atoms with Gasteiger partial charge in [0.15, 0.2) is 0 Å². The Morgan fingerprint density at radius 3 is 2.35 bits per heavy atom. The number of benzene rings is 2. The van der Waals surface area contributed by atoms with Crippen molar-refractivity contribution >= 4 is 22.5 Å². The van der Waals surface area contributed by atoms with Crippen molar-refractivity contribution < 1.29 is 9.00 Å². The van der Waals surface area contributed by atoms with Crippen LogP contribution in [0.5, 0.6) is 0 Å². The molecule has 1 fully saturated rings. The van der Waals surface area contributed by atoms with E-state index in [9.17, 15) is 9.00 Å². The van der Waals surface area contributed by atoms with Crippen LogP contribution in [0.15, 0.2) is 48.5 Å². The normalized spacial score (nSPS) is 19.7. The molecule has 23 heavy (non-hydrogen) atoms. The zero-order valence-corrected chi connectivity index (χ0v) is 13.9. The molecular weight excluding hydrogens is 308 g/mol. The van der Waals surface area contributed by atoms with Crippen LogP contribution in [-0.4, -0.2) is 21.7 Å². The van der Waals surface area contributed by atoms with E-state index in [1.807, 2.05) is 55.5 Å². The number of anilines is 1. The highest BCUT2D eigenvalue weighted by molar-refractivity contribution is 7.86. The topological polar surface area (TPSA) is 58.2 Å². The van der Waals surface area contributed by atoms with Crippen molar-refractivity contribution in [3.05, 3.63) is 65.2 Å². The minimum absolute atomic E-state index is 0.219. The zero-order chi connectivity index (χ0) is 16.2. The molecule has 2 amide bonds. The van der Waals surface area contributed by atoms with Crippen LogP contribution in [0.1, 0.15) is 22.6 Å². The van der Waals surface area contributed by atoms with Crippen molar-refractivity contribution in [2.75, 3.05) is 16.8 Å². The van der Waals surface area contributed by atoms with Gasteiger partial charge in [-0.3, -0.25) is 4.21 Å². The van der Waals surface area contributed by atoms with Gasteiger partial charge in [-0.2, -0.15) is 0 Å². The highest BCUT2D eigenvalue weighted by Crippen LogP contribution is 2.27. The molecule has 0 bridgehead atoms. The fraction of sp³-hybridized carbons (Fsp3) is 0.278. The minimum atomic E-state index is -0.639. The van der Waals surface area contributed by atoms with Crippen LogP contribution in [0.4, 0.5) is 10.5 Å². The third-order valence-electron chi connectivity index (χ3n) is 3.99. The first-order valence-corrected chi connectivity index (χ1v) is 9.14. The van der Waals surface area contributed by atoms with E-state index in [1.165, 1.54) is 11.1 Å². The molecule has 0 aromatic heterocycles. The second kappa shape index (κ2) is 6.96. The summed E-state index contributed by atoms with van der Waals surface area (Å²) in [5.74, 6) is 1.91. The predicted molar refractivity (Wildman–Crippen MR) is 94.1 cm³/mol. The Hall–Kier alpha value is -2.14. The second-order valence-corrected chi connectivity index (χ2v) is 7.43. The summed E-state index contributed by atoms with van der Waals surface area (Å²) >= 11 is 0. The lowest BCUT2D eigenvalue weighted by Crippen LogP contribution is -2.29. The molecule has 0 spiro atoms. The van der Waals surface area contributed by atoms with E-state index in [2.05, 4.69) is 10.6 Å². The summed E-state index contributed by atoms with van der Waals surface area (Å²) in [5, 5.41) is 5.67. The molecule has 3 rings (SSSR count). The largest absolute Gasteiger partial charge is 0.334 e. The van der Waals surface area contributed by atoms with Crippen LogP contribution in [-0.2, 0) is 17.3 Å². The smallest absolute Gasteiger partial charge is 0.319 e. The highest BCUT2D eigenvalue weighted by atomic mass is 32.2. The average Bonchev–Trinajstić information content (AvgIpc) is 2.52. The number of hydrogen-bond donors (Lipinski definition) is 2. The molecule has 0 radical (unpaired) electrons. The minimum Gasteiger partial charge on any atom is -0.334 e. The van der Waals surface area contributed by atoms with Crippen molar-refractivity contribution in [1.82, 2.24) is 5.32 Å². The molecule has 0 atom stereocenters. The zero-order valence-electron chi connectivity index (χ0n) is 13.0. The van der Waals surface area contributed by atoms with Gasteiger partial charge in [-0.15, -0.1) is 0 Å². The molecule has 1 heterocycles. The van der Waals surface area contributed by atoms with Crippen molar-refractivity contribution in [2.45, 2.75) is 19.4 Å². The lowest BCUT2D eigenvalue weighted by atomic mass is 10.0. The highest BCUT2D eigenvalue weighted by Gasteiger charge is 2.26. The Labute approximate surface area is 138 Å². The van der Waals surface area contributed by atoms with E-state index in [4.69, 9.17) is 0 Å². The van der Waals surface area contributed by atoms with Gasteiger partial charge in [-0.25, -0.2) is 4.79 Å². The van der Waals surface area contributed by atoms with Gasteiger partial charge >= 0.3 is 6.03 Å². The fourth-order valence-corrected chi connectivity index (χ4v) is 3.68. The number of aryl methyl sites for hydroxylation is 1. The van der Waals surface area contributed by atoms with Crippen molar-refractivity contribution in [1.29, 1.82) is 0 Å². The van der Waals surface area contributed by atoms with Gasteiger partial charge < -0.3 is 10.6 Å². The lowest BCUT2D eigenvalue weighted by molar-refractivity contribution is 0.251. The summed E-state index contributed by atoms with van der Waals surface area (Å²) in [5.41, 5.74) is 4.22. The van der Waals surface area contributed by atoms with Crippen molar-refractivity contribution in [2.24, 2.45) is 0 Å². The number of amides is 2. The molecular formula is C18H20N2O2S. The standard InChI is InChI=1S/C18H20N2O2S/c1-13-2-4-14(5-3-13)10-19-18(21)20-17-8-6-15(7-9-17)16-11-23(22)12-16/h2-9,16H,10-12H2,1H3,(H2,19,20,21). The molecule has 0 saturated carbocycles. The third kappa shape index (κ3) is 4.20. The second-order valence-electron chi connectivity index (χ2n) is 5.89. The van der Waals surface area contributed by atoms with Crippen LogP contribution < -0.4 is 10.6 Å². The molecule has 1 aliphatic rings. The first-order chi connectivity index (χ1) is 11.1. The molecule has 5 heteroatoms. The molecule has 120 valence electrons. The first-order valence-electron chi connectivity index (χ1n) is 7.65. The molecule has 1 aliphatic heterocycles. The molecule has 2 aromatic carbocycles. The van der Waals surface area contributed by atoms with Gasteiger partial charge in [0.2, 0.25) is 0 Å². The summed E-state index contributed by atoms with van der Waals surface area (Å²) in [6, 6.07) is 15.6. The molecule has 2 N–H and O–H groups in total. The number of carbonyl (C=O) groups is 1. The molecule has 2 aromatic rings. The van der Waals surface area contributed by atoms with Crippen LogP contribution in [0.3, 0.4) is 0 Å². The number of urea groups is 1. The molecule has 4 nitrogen and oxygen atoms in total. The average molecular weight is 328 g/mol. The Bertz CT molecular complexity index is 703. The van der Waals surface area contributed by atoms with Gasteiger partial charge in [0.1, 0.15) is 0 Å². The predicted octanol–water partition coefficient (Wildman–Crippen LogP) is 3.16. The summed E-state index contributed by atoms with van der Waals surface area (Å²) < 4.78 is 11.1. The summed E-state index contributed by atoms with van der Waals surface area (Å²) in [4.78, 5) is 11.9. The van der Waals surface area contributed by atoms with Crippen LogP contribution in [0.2, 0.25) is 0 Å². The van der Waals surface area contributed by atoms with E-state index in [-0.39, 0.29) is 6.03 Å². The maximum atomic E-state index is 11.9. The van der Waals surface area contributed by atoms with E-state index in [0.717, 1.165) is 22.8 Å². The van der Waals surface area contributed by atoms with Crippen LogP contribution >= 0.6 is 0 Å². The molecule has 0 aliphatic carbocycles.